The normalized spacial score (nSPS) is 18.9. The van der Waals surface area contributed by atoms with Gasteiger partial charge in [0.25, 0.3) is 0 Å². The molecule has 3 rings (SSSR count). The molecule has 0 aliphatic carbocycles. The molecule has 1 saturated heterocycles. The van der Waals surface area contributed by atoms with E-state index in [-0.39, 0.29) is 18.3 Å². The Hall–Kier alpha value is -2.34. The summed E-state index contributed by atoms with van der Waals surface area (Å²) in [5.74, 6) is -1.72. The second-order valence-corrected chi connectivity index (χ2v) is 5.85. The molecule has 0 aromatic heterocycles. The van der Waals surface area contributed by atoms with E-state index in [4.69, 9.17) is 0 Å². The summed E-state index contributed by atoms with van der Waals surface area (Å²) < 4.78 is 39.8. The maximum absolute atomic E-state index is 13.8. The van der Waals surface area contributed by atoms with Crippen LogP contribution in [0.5, 0.6) is 0 Å². The van der Waals surface area contributed by atoms with E-state index in [1.54, 1.807) is 24.0 Å². The first kappa shape index (κ1) is 16.5. The van der Waals surface area contributed by atoms with Crippen LogP contribution in [0, 0.1) is 17.5 Å². The van der Waals surface area contributed by atoms with Gasteiger partial charge in [-0.2, -0.15) is 0 Å². The third kappa shape index (κ3) is 3.28. The zero-order valence-corrected chi connectivity index (χ0v) is 13.2. The molecule has 1 unspecified atom stereocenters. The number of rotatable bonds is 3. The minimum Gasteiger partial charge on any atom is -0.310 e. The van der Waals surface area contributed by atoms with Crippen molar-refractivity contribution in [1.29, 1.82) is 0 Å². The first-order valence-electron chi connectivity index (χ1n) is 7.70. The SMILES string of the molecule is CC1C(=O)N(c2ccc(F)cc2)CCN1Cc1ccc(F)cc1F. The van der Waals surface area contributed by atoms with E-state index in [0.29, 0.717) is 24.3 Å². The fourth-order valence-electron chi connectivity index (χ4n) is 2.88. The van der Waals surface area contributed by atoms with Crippen LogP contribution < -0.4 is 4.90 Å². The van der Waals surface area contributed by atoms with Crippen LogP contribution >= 0.6 is 0 Å². The van der Waals surface area contributed by atoms with Crippen molar-refractivity contribution in [2.75, 3.05) is 18.0 Å². The number of carbonyl (C=O) groups is 1. The molecule has 2 aromatic carbocycles. The van der Waals surface area contributed by atoms with Gasteiger partial charge in [-0.15, -0.1) is 0 Å². The van der Waals surface area contributed by atoms with Crippen LogP contribution in [0.1, 0.15) is 12.5 Å². The van der Waals surface area contributed by atoms with Crippen molar-refractivity contribution >= 4 is 11.6 Å². The van der Waals surface area contributed by atoms with Gasteiger partial charge in [0.15, 0.2) is 0 Å². The molecule has 1 amide bonds. The van der Waals surface area contributed by atoms with Gasteiger partial charge in [-0.25, -0.2) is 13.2 Å². The Kier molecular flexibility index (Phi) is 4.57. The second-order valence-electron chi connectivity index (χ2n) is 5.85. The summed E-state index contributed by atoms with van der Waals surface area (Å²) in [7, 11) is 0. The molecule has 2 aromatic rings. The summed E-state index contributed by atoms with van der Waals surface area (Å²) in [4.78, 5) is 16.0. The number of halogens is 3. The lowest BCUT2D eigenvalue weighted by Gasteiger charge is -2.39. The van der Waals surface area contributed by atoms with Crippen molar-refractivity contribution in [2.24, 2.45) is 0 Å². The predicted octanol–water partition coefficient (Wildman–Crippen LogP) is 3.34. The number of carbonyl (C=O) groups excluding carboxylic acids is 1. The molecule has 24 heavy (non-hydrogen) atoms. The topological polar surface area (TPSA) is 23.6 Å². The third-order valence-electron chi connectivity index (χ3n) is 4.31. The van der Waals surface area contributed by atoms with Crippen LogP contribution in [-0.4, -0.2) is 29.9 Å². The van der Waals surface area contributed by atoms with Gasteiger partial charge in [0.05, 0.1) is 6.04 Å². The molecule has 6 heteroatoms. The maximum Gasteiger partial charge on any atom is 0.244 e. The van der Waals surface area contributed by atoms with Crippen molar-refractivity contribution in [2.45, 2.75) is 19.5 Å². The summed E-state index contributed by atoms with van der Waals surface area (Å²) in [6.07, 6.45) is 0. The van der Waals surface area contributed by atoms with Gasteiger partial charge in [0, 0.05) is 37.0 Å². The number of hydrogen-bond acceptors (Lipinski definition) is 2. The van der Waals surface area contributed by atoms with E-state index in [0.717, 1.165) is 6.07 Å². The highest BCUT2D eigenvalue weighted by Crippen LogP contribution is 2.22. The first-order valence-corrected chi connectivity index (χ1v) is 7.70. The Bertz CT molecular complexity index is 748. The molecule has 1 aliphatic heterocycles. The van der Waals surface area contributed by atoms with E-state index < -0.39 is 17.7 Å². The number of nitrogens with zero attached hydrogens (tertiary/aromatic N) is 2. The lowest BCUT2D eigenvalue weighted by molar-refractivity contribution is -0.125. The number of piperazine rings is 1. The molecule has 0 spiro atoms. The van der Waals surface area contributed by atoms with Crippen LogP contribution in [0.2, 0.25) is 0 Å². The fraction of sp³-hybridized carbons (Fsp3) is 0.278. The van der Waals surface area contributed by atoms with E-state index >= 15 is 0 Å². The average Bonchev–Trinajstić information content (AvgIpc) is 2.55. The zero-order chi connectivity index (χ0) is 17.3. The third-order valence-corrected chi connectivity index (χ3v) is 4.31. The van der Waals surface area contributed by atoms with E-state index in [2.05, 4.69) is 0 Å². The zero-order valence-electron chi connectivity index (χ0n) is 13.2. The first-order chi connectivity index (χ1) is 11.5. The highest BCUT2D eigenvalue weighted by molar-refractivity contribution is 5.97. The highest BCUT2D eigenvalue weighted by Gasteiger charge is 2.32. The summed E-state index contributed by atoms with van der Waals surface area (Å²) in [5, 5.41) is 0. The summed E-state index contributed by atoms with van der Waals surface area (Å²) in [5.41, 5.74) is 0.993. The molecular formula is C18H17F3N2O. The summed E-state index contributed by atoms with van der Waals surface area (Å²) in [6.45, 7) is 2.95. The predicted molar refractivity (Wildman–Crippen MR) is 85.0 cm³/mol. The molecular weight excluding hydrogens is 317 g/mol. The number of anilines is 1. The van der Waals surface area contributed by atoms with E-state index in [1.807, 2.05) is 4.90 Å². The van der Waals surface area contributed by atoms with Crippen LogP contribution in [0.15, 0.2) is 42.5 Å². The van der Waals surface area contributed by atoms with Crippen molar-refractivity contribution in [1.82, 2.24) is 4.90 Å². The number of hydrogen-bond donors (Lipinski definition) is 0. The van der Waals surface area contributed by atoms with Crippen molar-refractivity contribution in [3.63, 3.8) is 0 Å². The molecule has 1 aliphatic rings. The van der Waals surface area contributed by atoms with Crippen LogP contribution in [0.25, 0.3) is 0 Å². The minimum absolute atomic E-state index is 0.129. The molecule has 0 radical (unpaired) electrons. The van der Waals surface area contributed by atoms with Crippen molar-refractivity contribution < 1.29 is 18.0 Å². The lowest BCUT2D eigenvalue weighted by Crippen LogP contribution is -2.55. The highest BCUT2D eigenvalue weighted by atomic mass is 19.1. The van der Waals surface area contributed by atoms with Gasteiger partial charge in [-0.05, 0) is 37.3 Å². The Morgan fingerprint density at radius 1 is 1.00 bits per heavy atom. The fourth-order valence-corrected chi connectivity index (χ4v) is 2.88. The quantitative estimate of drug-likeness (QED) is 0.859. The maximum atomic E-state index is 13.8. The van der Waals surface area contributed by atoms with Crippen molar-refractivity contribution in [3.05, 3.63) is 65.5 Å². The lowest BCUT2D eigenvalue weighted by atomic mass is 10.1. The molecule has 3 nitrogen and oxygen atoms in total. The van der Waals surface area contributed by atoms with Crippen LogP contribution in [-0.2, 0) is 11.3 Å². The van der Waals surface area contributed by atoms with Gasteiger partial charge in [-0.3, -0.25) is 9.69 Å². The van der Waals surface area contributed by atoms with Gasteiger partial charge in [-0.1, -0.05) is 6.07 Å². The standard InChI is InChI=1S/C18H17F3N2O/c1-12-18(24)23(16-6-4-14(19)5-7-16)9-8-22(12)11-13-2-3-15(20)10-17(13)21/h2-7,10,12H,8-9,11H2,1H3. The largest absolute Gasteiger partial charge is 0.310 e. The number of benzene rings is 2. The smallest absolute Gasteiger partial charge is 0.244 e. The Morgan fingerprint density at radius 2 is 1.67 bits per heavy atom. The monoisotopic (exact) mass is 334 g/mol. The molecule has 0 bridgehead atoms. The molecule has 126 valence electrons. The minimum atomic E-state index is -0.624. The van der Waals surface area contributed by atoms with E-state index in [9.17, 15) is 18.0 Å². The molecule has 1 atom stereocenters. The molecule has 0 saturated carbocycles. The Labute approximate surface area is 138 Å². The molecule has 1 heterocycles. The van der Waals surface area contributed by atoms with Gasteiger partial charge in [0.1, 0.15) is 17.5 Å². The van der Waals surface area contributed by atoms with Crippen LogP contribution in [0.4, 0.5) is 18.9 Å². The molecule has 0 N–H and O–H groups in total. The van der Waals surface area contributed by atoms with Crippen molar-refractivity contribution in [3.8, 4) is 0 Å². The Morgan fingerprint density at radius 3 is 2.33 bits per heavy atom. The molecule has 1 fully saturated rings. The van der Waals surface area contributed by atoms with Gasteiger partial charge >= 0.3 is 0 Å². The Balaban J connectivity index is 1.73. The van der Waals surface area contributed by atoms with Gasteiger partial charge in [0.2, 0.25) is 5.91 Å². The van der Waals surface area contributed by atoms with Crippen LogP contribution in [0.3, 0.4) is 0 Å². The van der Waals surface area contributed by atoms with E-state index in [1.165, 1.54) is 24.3 Å². The van der Waals surface area contributed by atoms with Gasteiger partial charge < -0.3 is 4.90 Å². The average molecular weight is 334 g/mol. The number of amides is 1. The summed E-state index contributed by atoms with van der Waals surface area (Å²) >= 11 is 0. The summed E-state index contributed by atoms with van der Waals surface area (Å²) in [6, 6.07) is 8.75. The second kappa shape index (κ2) is 6.65.